The second-order valence-corrected chi connectivity index (χ2v) is 0. The van der Waals surface area contributed by atoms with Gasteiger partial charge in [0.25, 0.3) is 0 Å². The van der Waals surface area contributed by atoms with Gasteiger partial charge in [0.05, 0.1) is 0 Å². The van der Waals surface area contributed by atoms with Crippen molar-refractivity contribution in [1.29, 1.82) is 0 Å². The van der Waals surface area contributed by atoms with E-state index in [4.69, 9.17) is 0 Å². The summed E-state index contributed by atoms with van der Waals surface area (Å²) >= 11 is 0. The van der Waals surface area contributed by atoms with Crippen LogP contribution in [0.3, 0.4) is 0 Å². The van der Waals surface area contributed by atoms with Crippen molar-refractivity contribution < 1.29 is 252 Å². The summed E-state index contributed by atoms with van der Waals surface area (Å²) in [6.45, 7) is 0. The van der Waals surface area contributed by atoms with E-state index in [0.29, 0.717) is 0 Å². The Morgan fingerprint density at radius 3 is 0.111 bits per heavy atom. The van der Waals surface area contributed by atoms with Gasteiger partial charge >= 0.3 is 0 Å². The fraction of sp³-hybridized carbons (Fsp3) is 0. The molecule has 0 bridgehead atoms. The summed E-state index contributed by atoms with van der Waals surface area (Å²) in [5, 5.41) is 0. The molecule has 0 atom stereocenters. The zero-order valence-corrected chi connectivity index (χ0v) is 24.6. The first-order valence-corrected chi connectivity index (χ1v) is 0. The molecule has 0 aromatic rings. The Kier molecular flexibility index (Phi) is 109000. The second kappa shape index (κ2) is 1630. The summed E-state index contributed by atoms with van der Waals surface area (Å²) in [6.07, 6.45) is 0. The van der Waals surface area contributed by atoms with E-state index in [2.05, 4.69) is 0 Å². The second-order valence-electron chi connectivity index (χ2n) is 0. The normalized spacial score (nSPS) is 0. The van der Waals surface area contributed by atoms with Gasteiger partial charge in [-0.25, -0.2) is 0 Å². The van der Waals surface area contributed by atoms with Gasteiger partial charge in [0.2, 0.25) is 0 Å². The third kappa shape index (κ3) is 1520. The maximum Gasteiger partial charge on any atom is 0 e. The maximum absolute atomic E-state index is 0. The van der Waals surface area contributed by atoms with E-state index in [9.17, 15) is 0 Å². The third-order valence-corrected chi connectivity index (χ3v) is 0. The van der Waals surface area contributed by atoms with Gasteiger partial charge in [-0.15, -0.1) is 0 Å². The Balaban J connectivity index is 0. The molecule has 0 saturated carbocycles. The van der Waals surface area contributed by atoms with Crippen LogP contribution in [0.2, 0.25) is 0 Å². The molecule has 0 fully saturated rings. The molecule has 43 N–H and O–H groups in total. The Labute approximate surface area is 250 Å². The van der Waals surface area contributed by atoms with Crippen molar-refractivity contribution in [3.63, 3.8) is 0 Å². The van der Waals surface area contributed by atoms with Crippen LogP contribution in [0.15, 0.2) is 0 Å². The predicted octanol–water partition coefficient (Wildman–Crippen LogP) is -16.2. The van der Waals surface area contributed by atoms with Crippen LogP contribution < -0.4 is 0 Å². The van der Waals surface area contributed by atoms with Crippen LogP contribution in [0.1, 0.15) is 0 Å². The molecule has 0 saturated heterocycles. The van der Waals surface area contributed by atoms with E-state index >= 15 is 0 Å². The maximum atomic E-state index is 0. The third-order valence-electron chi connectivity index (χ3n) is 0. The first-order chi connectivity index (χ1) is 0. The summed E-state index contributed by atoms with van der Waals surface area (Å²) < 4.78 is 0. The molecule has 0 amide bonds. The van der Waals surface area contributed by atoms with Crippen LogP contribution in [0.5, 0.6) is 0 Å². The van der Waals surface area contributed by atoms with Crippen molar-refractivity contribution in [3.8, 4) is 0 Å². The zero-order valence-electron chi connectivity index (χ0n) is 13.5. The van der Waals surface area contributed by atoms with E-state index in [-0.39, 0.29) is 252 Å². The van der Waals surface area contributed by atoms with E-state index < -0.39 is 0 Å². The van der Waals surface area contributed by atoms with Crippen LogP contribution in [0.4, 0.5) is 0 Å². The van der Waals surface area contributed by atoms with Crippen molar-refractivity contribution >= 4 is 0 Å². The van der Waals surface area contributed by atoms with Gasteiger partial charge in [-0.3, -0.25) is 0 Å². The van der Waals surface area contributed by atoms with Gasteiger partial charge in [0.15, 0.2) is 0 Å². The molecule has 0 unspecified atom stereocenters. The molecule has 19 nitrogen and oxygen atoms in total. The molecule has 0 aliphatic carbocycles. The summed E-state index contributed by atoms with van der Waals surface area (Å²) in [4.78, 5) is 0. The molecule has 0 aliphatic heterocycles. The molecule has 27 heteroatoms. The molecule has 8 radical (unpaired) electrons. The SMILES string of the molecule is O.O.O.O.O.O.O.O.O.O.O.O.O.O.[OH3+].[OH3+].[OH3+].[OH3+].[OH3+].[V].[V].[V].[V].[V].[V].[V].[V]. The molecule has 0 aromatic heterocycles. The zero-order chi connectivity index (χ0) is 0. The van der Waals surface area contributed by atoms with Gasteiger partial charge < -0.3 is 104 Å². The molecule has 0 aromatic carbocycles. The minimum Gasteiger partial charge on any atom is -0.457 e. The van der Waals surface area contributed by atoms with Crippen LogP contribution in [0.25, 0.3) is 0 Å². The van der Waals surface area contributed by atoms with Crippen molar-refractivity contribution in [3.05, 3.63) is 0 Å². The Morgan fingerprint density at radius 2 is 0.111 bits per heavy atom. The van der Waals surface area contributed by atoms with Crippen LogP contribution >= 0.6 is 0 Å². The number of hydrogen-bond acceptors (Lipinski definition) is 0. The van der Waals surface area contributed by atoms with Crippen LogP contribution in [-0.4, -0.2) is 76.7 Å². The topological polar surface area (TPSA) is 606 Å². The van der Waals surface area contributed by atoms with E-state index in [1.54, 1.807) is 0 Å². The average molecular weight is 755 g/mol. The van der Waals surface area contributed by atoms with Crippen molar-refractivity contribution in [2.45, 2.75) is 0 Å². The number of rotatable bonds is 0. The van der Waals surface area contributed by atoms with Crippen molar-refractivity contribution in [1.82, 2.24) is 0 Å². The van der Waals surface area contributed by atoms with E-state index in [0.717, 1.165) is 0 Å². The predicted molar refractivity (Wildman–Crippen MR) is 75.0 cm³/mol. The summed E-state index contributed by atoms with van der Waals surface area (Å²) in [7, 11) is 0. The molecule has 0 heterocycles. The molecular weight excluding hydrogens is 712 g/mol. The largest absolute Gasteiger partial charge is 0.457 e. The van der Waals surface area contributed by atoms with Crippen molar-refractivity contribution in [2.75, 3.05) is 0 Å². The van der Waals surface area contributed by atoms with Crippen molar-refractivity contribution in [2.24, 2.45) is 0 Å². The Bertz CT molecular complexity index is 23.7. The van der Waals surface area contributed by atoms with Gasteiger partial charge in [0.1, 0.15) is 0 Å². The summed E-state index contributed by atoms with van der Waals surface area (Å²) in [5.74, 6) is 0. The van der Waals surface area contributed by atoms with Gasteiger partial charge in [0, 0.05) is 148 Å². The monoisotopic (exact) mass is 755 g/mol. The molecule has 0 rings (SSSR count). The summed E-state index contributed by atoms with van der Waals surface area (Å²) in [6, 6.07) is 0. The first kappa shape index (κ1) is 1800. The molecule has 0 spiro atoms. The Hall–Kier alpha value is 3.92. The molecular formula is H43O19V8+5. The molecule has 192 valence electrons. The number of hydrogen-bond donors (Lipinski definition) is 0. The van der Waals surface area contributed by atoms with E-state index in [1.807, 2.05) is 0 Å². The standard InChI is InChI=1S/19H2O.8V/h19*1H2;;;;;;;;/p+5. The average Bonchev–Trinajstić information content (AvgIpc) is 0. The minimum absolute atomic E-state index is 0. The first-order valence-electron chi connectivity index (χ1n) is 0. The van der Waals surface area contributed by atoms with Crippen LogP contribution in [0, 0.1) is 0 Å². The van der Waals surface area contributed by atoms with Gasteiger partial charge in [-0.1, -0.05) is 0 Å². The quantitative estimate of drug-likeness (QED) is 0.208. The Morgan fingerprint density at radius 1 is 0.111 bits per heavy atom. The fourth-order valence-electron chi connectivity index (χ4n) is 0. The fourth-order valence-corrected chi connectivity index (χ4v) is 0. The van der Waals surface area contributed by atoms with Gasteiger partial charge in [-0.05, 0) is 0 Å². The minimum atomic E-state index is 0. The van der Waals surface area contributed by atoms with Crippen LogP contribution in [-0.2, 0) is 176 Å². The van der Waals surface area contributed by atoms with Gasteiger partial charge in [-0.2, -0.15) is 0 Å². The smallest absolute Gasteiger partial charge is 0 e. The molecule has 0 aliphatic rings. The molecule has 27 heavy (non-hydrogen) atoms. The van der Waals surface area contributed by atoms with E-state index in [1.165, 1.54) is 0 Å². The summed E-state index contributed by atoms with van der Waals surface area (Å²) in [5.41, 5.74) is 0.